The molecule has 2 unspecified atom stereocenters. The van der Waals surface area contributed by atoms with Gasteiger partial charge in [-0.1, -0.05) is 0 Å². The molecule has 2 saturated heterocycles. The van der Waals surface area contributed by atoms with Crippen LogP contribution < -0.4 is 0 Å². The topological polar surface area (TPSA) is 146 Å². The molecule has 19 heavy (non-hydrogen) atoms. The van der Waals surface area contributed by atoms with Crippen molar-refractivity contribution in [2.24, 2.45) is 0 Å². The summed E-state index contributed by atoms with van der Waals surface area (Å²) in [5.74, 6) is -4.80. The van der Waals surface area contributed by atoms with Gasteiger partial charge in [-0.05, 0) is 0 Å². The molecule has 10 nitrogen and oxygen atoms in total. The van der Waals surface area contributed by atoms with Gasteiger partial charge in [-0.15, -0.1) is 0 Å². The fourth-order valence-corrected chi connectivity index (χ4v) is 6.32. The van der Waals surface area contributed by atoms with Crippen LogP contribution in [0.2, 0.25) is 0 Å². The van der Waals surface area contributed by atoms with Gasteiger partial charge in [0.1, 0.15) is 0 Å². The third-order valence-electron chi connectivity index (χ3n) is 2.24. The molecule has 2 fully saturated rings. The standard InChI is InChI=1S/C4H6O6.C4H6O4.Sn/c5-1(3(7)8)2(6)4(9)10;5-3(6)1-2-4(7)8;/h1-2,5-6H,(H,7,8)(H,9,10);1-2H2,(H,5,6)(H,7,8);/q;;+4/p-4. The Labute approximate surface area is 111 Å². The Bertz CT molecular complexity index is 416. The third kappa shape index (κ3) is 2.79. The van der Waals surface area contributed by atoms with Crippen molar-refractivity contribution in [1.29, 1.82) is 0 Å². The van der Waals surface area contributed by atoms with Gasteiger partial charge < -0.3 is 0 Å². The first kappa shape index (κ1) is 14.0. The van der Waals surface area contributed by atoms with Crippen molar-refractivity contribution < 1.29 is 41.7 Å². The number of aliphatic hydroxyl groups is 2. The van der Waals surface area contributed by atoms with Gasteiger partial charge in [-0.2, -0.15) is 0 Å². The van der Waals surface area contributed by atoms with Crippen molar-refractivity contribution in [2.45, 2.75) is 25.0 Å². The molecule has 2 aliphatic heterocycles. The van der Waals surface area contributed by atoms with Crippen molar-refractivity contribution in [2.75, 3.05) is 0 Å². The van der Waals surface area contributed by atoms with Crippen LogP contribution in [0.15, 0.2) is 0 Å². The van der Waals surface area contributed by atoms with E-state index in [0.717, 1.165) is 0 Å². The molecule has 1 spiro atoms. The Kier molecular flexibility index (Phi) is 3.64. The molecule has 104 valence electrons. The number of hydrogen-bond acceptors (Lipinski definition) is 10. The quantitative estimate of drug-likeness (QED) is 0.419. The van der Waals surface area contributed by atoms with Crippen LogP contribution in [-0.4, -0.2) is 66.3 Å². The van der Waals surface area contributed by atoms with Gasteiger partial charge in [0, 0.05) is 0 Å². The summed E-state index contributed by atoms with van der Waals surface area (Å²) in [5, 5.41) is 18.5. The summed E-state index contributed by atoms with van der Waals surface area (Å²) in [4.78, 5) is 45.3. The molecule has 0 aliphatic carbocycles. The second-order valence-electron chi connectivity index (χ2n) is 3.68. The molecule has 0 saturated carbocycles. The van der Waals surface area contributed by atoms with Crippen LogP contribution in [0.5, 0.6) is 0 Å². The molecule has 2 atom stereocenters. The van der Waals surface area contributed by atoms with Crippen LogP contribution in [0.25, 0.3) is 0 Å². The number of carbonyl (C=O) groups is 4. The summed E-state index contributed by atoms with van der Waals surface area (Å²) in [6.45, 7) is 0. The van der Waals surface area contributed by atoms with Gasteiger partial charge in [0.2, 0.25) is 0 Å². The van der Waals surface area contributed by atoms with Gasteiger partial charge >= 0.3 is 111 Å². The maximum absolute atomic E-state index is 11.4. The van der Waals surface area contributed by atoms with E-state index in [1.807, 2.05) is 0 Å². The second-order valence-corrected chi connectivity index (χ2v) is 8.86. The molecule has 2 heterocycles. The maximum atomic E-state index is 11.4. The van der Waals surface area contributed by atoms with E-state index in [1.165, 1.54) is 0 Å². The van der Waals surface area contributed by atoms with Crippen LogP contribution in [0, 0.1) is 0 Å². The zero-order valence-corrected chi connectivity index (χ0v) is 12.1. The van der Waals surface area contributed by atoms with E-state index in [2.05, 4.69) is 12.3 Å². The van der Waals surface area contributed by atoms with E-state index in [4.69, 9.17) is 0 Å². The molecular formula is C8H8O10Sn. The summed E-state index contributed by atoms with van der Waals surface area (Å²) in [7, 11) is 0. The van der Waals surface area contributed by atoms with Crippen LogP contribution in [-0.2, 0) is 31.5 Å². The van der Waals surface area contributed by atoms with Crippen molar-refractivity contribution >= 4 is 43.9 Å². The van der Waals surface area contributed by atoms with Crippen molar-refractivity contribution in [3.63, 3.8) is 0 Å². The van der Waals surface area contributed by atoms with Crippen LogP contribution in [0.4, 0.5) is 0 Å². The SMILES string of the molecule is O=C1CCC(=O)[O][Sn]2([O]1)[O]C(=O)C(O)C(O)C(=O)[O]2. The molecule has 0 radical (unpaired) electrons. The molecule has 2 N–H and O–H groups in total. The average Bonchev–Trinajstić information content (AvgIpc) is 2.49. The summed E-state index contributed by atoms with van der Waals surface area (Å²) < 4.78 is 18.4. The predicted molar refractivity (Wildman–Crippen MR) is 51.4 cm³/mol. The van der Waals surface area contributed by atoms with E-state index >= 15 is 0 Å². The molecule has 11 heteroatoms. The van der Waals surface area contributed by atoms with E-state index in [-0.39, 0.29) is 12.8 Å². The zero-order chi connectivity index (χ0) is 14.2. The number of aliphatic hydroxyl groups excluding tert-OH is 2. The molecule has 0 aromatic carbocycles. The number of rotatable bonds is 0. The molecular weight excluding hydrogens is 375 g/mol. The monoisotopic (exact) mass is 384 g/mol. The van der Waals surface area contributed by atoms with E-state index in [1.54, 1.807) is 0 Å². The first-order valence-electron chi connectivity index (χ1n) is 5.08. The fourth-order valence-electron chi connectivity index (χ4n) is 1.33. The Hall–Kier alpha value is -1.40. The zero-order valence-electron chi connectivity index (χ0n) is 9.23. The average molecular weight is 383 g/mol. The molecule has 2 rings (SSSR count). The van der Waals surface area contributed by atoms with Gasteiger partial charge in [0.25, 0.3) is 0 Å². The first-order chi connectivity index (χ1) is 8.83. The van der Waals surface area contributed by atoms with Gasteiger partial charge in [0.15, 0.2) is 0 Å². The Morgan fingerprint density at radius 1 is 0.789 bits per heavy atom. The summed E-state index contributed by atoms with van der Waals surface area (Å²) in [6.07, 6.45) is -5.05. The molecule has 0 aromatic heterocycles. The number of hydrogen-bond donors (Lipinski definition) is 2. The van der Waals surface area contributed by atoms with Crippen LogP contribution in [0.3, 0.4) is 0 Å². The van der Waals surface area contributed by atoms with E-state index < -0.39 is 56.1 Å². The minimum absolute atomic E-state index is 0.322. The van der Waals surface area contributed by atoms with Crippen LogP contribution >= 0.6 is 0 Å². The first-order valence-corrected chi connectivity index (χ1v) is 9.74. The number of carbonyl (C=O) groups excluding carboxylic acids is 4. The van der Waals surface area contributed by atoms with Crippen molar-refractivity contribution in [3.05, 3.63) is 0 Å². The third-order valence-corrected chi connectivity index (χ3v) is 7.55. The van der Waals surface area contributed by atoms with Gasteiger partial charge in [0.05, 0.1) is 0 Å². The minimum atomic E-state index is -5.58. The summed E-state index contributed by atoms with van der Waals surface area (Å²) >= 11 is -5.58. The van der Waals surface area contributed by atoms with Gasteiger partial charge in [-0.25, -0.2) is 0 Å². The van der Waals surface area contributed by atoms with Crippen molar-refractivity contribution in [1.82, 2.24) is 0 Å². The van der Waals surface area contributed by atoms with Crippen molar-refractivity contribution in [3.8, 4) is 0 Å². The molecule has 2 aliphatic rings. The Balaban J connectivity index is 2.35. The summed E-state index contributed by atoms with van der Waals surface area (Å²) in [6, 6.07) is 0. The van der Waals surface area contributed by atoms with E-state index in [0.29, 0.717) is 0 Å². The summed E-state index contributed by atoms with van der Waals surface area (Å²) in [5.41, 5.74) is 0. The second kappa shape index (κ2) is 4.94. The molecule has 0 amide bonds. The fraction of sp³-hybridized carbons (Fsp3) is 0.500. The Morgan fingerprint density at radius 2 is 1.16 bits per heavy atom. The predicted octanol–water partition coefficient (Wildman–Crippen LogP) is -2.88. The van der Waals surface area contributed by atoms with Gasteiger partial charge in [-0.3, -0.25) is 0 Å². The molecule has 0 aromatic rings. The van der Waals surface area contributed by atoms with Crippen LogP contribution in [0.1, 0.15) is 12.8 Å². The Morgan fingerprint density at radius 3 is 1.53 bits per heavy atom. The molecule has 0 bridgehead atoms. The normalized spacial score (nSPS) is 30.6. The van der Waals surface area contributed by atoms with E-state index in [9.17, 15) is 29.4 Å².